The van der Waals surface area contributed by atoms with Gasteiger partial charge in [0.15, 0.2) is 0 Å². The lowest BCUT2D eigenvalue weighted by Gasteiger charge is -2.47. The number of nitrogens with two attached hydrogens (primary N) is 1. The number of unbranched alkanes of at least 4 members (excludes halogenated alkanes) is 12. The van der Waals surface area contributed by atoms with Crippen LogP contribution in [0.2, 0.25) is 0 Å². The summed E-state index contributed by atoms with van der Waals surface area (Å²) in [5, 5.41) is 9.92. The highest BCUT2D eigenvalue weighted by Crippen LogP contribution is 2.39. The maximum absolute atomic E-state index is 14.5. The number of benzene rings is 2. The molecule has 1 aliphatic carbocycles. The number of carbonyl (C=O) groups is 5. The fourth-order valence-corrected chi connectivity index (χ4v) is 9.88. The molecule has 1 aliphatic heterocycles. The van der Waals surface area contributed by atoms with E-state index in [9.17, 15) is 24.0 Å². The summed E-state index contributed by atoms with van der Waals surface area (Å²) in [6, 6.07) is 17.8. The lowest BCUT2D eigenvalue weighted by Crippen LogP contribution is -2.61. The minimum atomic E-state index is -1.34. The smallest absolute Gasteiger partial charge is 0.306 e. The SMILES string of the molecule is CCCCCCCCCCCCCCCC(=O)O[C@H](CN1C[C@H]2CCCC[C@H]2C[C@H]1C(=O)NC(C)(C)C)[C@H](Cc1ccccc1)NC(=O)[C@H](CC(N)=O)NC(=O)c1ccc2ccccc2n1. The van der Waals surface area contributed by atoms with Crippen molar-refractivity contribution in [2.45, 2.75) is 192 Å². The molecule has 0 bridgehead atoms. The van der Waals surface area contributed by atoms with Crippen molar-refractivity contribution in [3.05, 3.63) is 78.0 Å². The molecule has 2 aromatic carbocycles. The summed E-state index contributed by atoms with van der Waals surface area (Å²) in [4.78, 5) is 75.4. The number of hydrogen-bond donors (Lipinski definition) is 4. The summed E-state index contributed by atoms with van der Waals surface area (Å²) < 4.78 is 6.50. The Hall–Kier alpha value is -4.84. The molecule has 1 saturated carbocycles. The van der Waals surface area contributed by atoms with Gasteiger partial charge in [0, 0.05) is 30.4 Å². The van der Waals surface area contributed by atoms with Gasteiger partial charge >= 0.3 is 5.97 Å². The Morgan fingerprint density at radius 3 is 2.05 bits per heavy atom. The zero-order valence-corrected chi connectivity index (χ0v) is 40.5. The molecule has 4 amide bonds. The highest BCUT2D eigenvalue weighted by Gasteiger charge is 2.43. The number of esters is 1. The van der Waals surface area contributed by atoms with Crippen LogP contribution in [-0.4, -0.2) is 82.3 Å². The minimum Gasteiger partial charge on any atom is -0.459 e. The fourth-order valence-electron chi connectivity index (χ4n) is 9.88. The molecule has 2 heterocycles. The molecule has 6 atom stereocenters. The number of amides is 4. The summed E-state index contributed by atoms with van der Waals surface area (Å²) >= 11 is 0. The van der Waals surface area contributed by atoms with E-state index in [0.29, 0.717) is 36.7 Å². The van der Waals surface area contributed by atoms with E-state index in [4.69, 9.17) is 10.5 Å². The zero-order valence-electron chi connectivity index (χ0n) is 40.5. The Labute approximate surface area is 394 Å². The number of rotatable bonds is 27. The van der Waals surface area contributed by atoms with E-state index in [1.54, 1.807) is 18.2 Å². The molecule has 5 N–H and O–H groups in total. The average molecular weight is 909 g/mol. The number of carbonyl (C=O) groups excluding carboxylic acids is 5. The Kier molecular flexibility index (Phi) is 21.4. The van der Waals surface area contributed by atoms with Crippen molar-refractivity contribution in [1.29, 1.82) is 0 Å². The topological polar surface area (TPSA) is 173 Å². The van der Waals surface area contributed by atoms with Crippen LogP contribution in [0, 0.1) is 11.8 Å². The summed E-state index contributed by atoms with van der Waals surface area (Å²) in [5.74, 6) is -1.63. The molecule has 2 aliphatic rings. The third-order valence-corrected chi connectivity index (χ3v) is 13.4. The van der Waals surface area contributed by atoms with Crippen LogP contribution in [0.1, 0.15) is 172 Å². The number of fused-ring (bicyclic) bond motifs is 2. The second kappa shape index (κ2) is 27.1. The summed E-state index contributed by atoms with van der Waals surface area (Å²) in [6.07, 6.45) is 19.8. The van der Waals surface area contributed by atoms with Crippen molar-refractivity contribution < 1.29 is 28.7 Å². The molecule has 1 saturated heterocycles. The number of piperidine rings is 1. The molecule has 12 nitrogen and oxygen atoms in total. The van der Waals surface area contributed by atoms with Crippen LogP contribution in [0.15, 0.2) is 66.7 Å². The molecule has 5 rings (SSSR count). The van der Waals surface area contributed by atoms with Gasteiger partial charge in [-0.1, -0.05) is 158 Å². The molecule has 66 heavy (non-hydrogen) atoms. The predicted octanol–water partition coefficient (Wildman–Crippen LogP) is 9.12. The number of para-hydroxylation sites is 1. The van der Waals surface area contributed by atoms with Gasteiger partial charge in [0.1, 0.15) is 17.8 Å². The molecule has 3 aromatic rings. The van der Waals surface area contributed by atoms with Crippen molar-refractivity contribution in [2.24, 2.45) is 17.6 Å². The summed E-state index contributed by atoms with van der Waals surface area (Å²) in [7, 11) is 0. The number of nitrogens with zero attached hydrogens (tertiary/aromatic N) is 2. The number of pyridine rings is 1. The normalized spacial score (nSPS) is 18.9. The lowest BCUT2D eigenvalue weighted by atomic mass is 9.72. The van der Waals surface area contributed by atoms with Crippen LogP contribution in [0.25, 0.3) is 10.9 Å². The van der Waals surface area contributed by atoms with Crippen molar-refractivity contribution in [2.75, 3.05) is 13.1 Å². The van der Waals surface area contributed by atoms with Crippen LogP contribution in [-0.2, 0) is 30.3 Å². The van der Waals surface area contributed by atoms with Gasteiger partial charge < -0.3 is 26.4 Å². The molecule has 0 unspecified atom stereocenters. The number of nitrogens with one attached hydrogen (secondary N) is 3. The molecule has 12 heteroatoms. The third kappa shape index (κ3) is 17.8. The maximum atomic E-state index is 14.5. The molecule has 1 aromatic heterocycles. The van der Waals surface area contributed by atoms with Crippen LogP contribution in [0.5, 0.6) is 0 Å². The Morgan fingerprint density at radius 2 is 1.39 bits per heavy atom. The molecule has 0 spiro atoms. The molecule has 0 radical (unpaired) electrons. The quantitative estimate of drug-likeness (QED) is 0.0433. The van der Waals surface area contributed by atoms with Crippen LogP contribution in [0.4, 0.5) is 0 Å². The van der Waals surface area contributed by atoms with E-state index >= 15 is 0 Å². The lowest BCUT2D eigenvalue weighted by molar-refractivity contribution is -0.154. The van der Waals surface area contributed by atoms with Crippen LogP contribution < -0.4 is 21.7 Å². The standard InChI is InChI=1S/C54H80N6O6/c1-5-6-7-8-9-10-11-12-13-14-15-16-20-31-50(62)66-48(38-60-37-42-29-22-21-28-41(42)35-47(60)53(65)59-54(2,3)4)45(34-39-25-18-17-19-26-39)57-52(64)46(36-49(55)61)58-51(63)44-33-32-40-27-23-24-30-43(40)56-44/h17-19,23-27,30,32-33,41-42,45-48H,5-16,20-22,28-29,31,34-38H2,1-4H3,(H2,55,61)(H,57,64)(H,58,63)(H,59,65)/t41-,42+,45-,46-,47-,48+/m0/s1. The molecule has 362 valence electrons. The largest absolute Gasteiger partial charge is 0.459 e. The van der Waals surface area contributed by atoms with E-state index in [1.807, 2.05) is 69.3 Å². The first kappa shape index (κ1) is 52.1. The number of aromatic nitrogens is 1. The summed E-state index contributed by atoms with van der Waals surface area (Å²) in [5.41, 5.74) is 6.83. The summed E-state index contributed by atoms with van der Waals surface area (Å²) in [6.45, 7) is 9.06. The van der Waals surface area contributed by atoms with E-state index < -0.39 is 53.9 Å². The molecular formula is C54H80N6O6. The predicted molar refractivity (Wildman–Crippen MR) is 262 cm³/mol. The van der Waals surface area contributed by atoms with Gasteiger partial charge in [0.05, 0.1) is 24.0 Å². The van der Waals surface area contributed by atoms with Gasteiger partial charge in [-0.2, -0.15) is 0 Å². The molecule has 2 fully saturated rings. The van der Waals surface area contributed by atoms with Crippen LogP contribution >= 0.6 is 0 Å². The monoisotopic (exact) mass is 909 g/mol. The highest BCUT2D eigenvalue weighted by molar-refractivity contribution is 5.99. The first-order valence-corrected chi connectivity index (χ1v) is 25.3. The number of likely N-dealkylation sites (tertiary alicyclic amines) is 1. The van der Waals surface area contributed by atoms with Gasteiger partial charge in [-0.25, -0.2) is 4.98 Å². The first-order chi connectivity index (χ1) is 31.8. The molecular weight excluding hydrogens is 829 g/mol. The second-order valence-electron chi connectivity index (χ2n) is 20.2. The van der Waals surface area contributed by atoms with E-state index in [1.165, 1.54) is 57.8 Å². The Balaban J connectivity index is 1.35. The highest BCUT2D eigenvalue weighted by atomic mass is 16.5. The Morgan fingerprint density at radius 1 is 0.773 bits per heavy atom. The van der Waals surface area contributed by atoms with E-state index in [0.717, 1.165) is 55.9 Å². The average Bonchev–Trinajstić information content (AvgIpc) is 3.29. The number of hydrogen-bond acceptors (Lipinski definition) is 8. The number of primary amides is 1. The van der Waals surface area contributed by atoms with Gasteiger partial charge in [0.2, 0.25) is 17.7 Å². The zero-order chi connectivity index (χ0) is 47.3. The van der Waals surface area contributed by atoms with Gasteiger partial charge in [-0.05, 0) is 76.0 Å². The maximum Gasteiger partial charge on any atom is 0.306 e. The van der Waals surface area contributed by atoms with Gasteiger partial charge in [0.25, 0.3) is 5.91 Å². The van der Waals surface area contributed by atoms with Crippen molar-refractivity contribution in [1.82, 2.24) is 25.8 Å². The van der Waals surface area contributed by atoms with E-state index in [-0.39, 0.29) is 37.0 Å². The van der Waals surface area contributed by atoms with Crippen molar-refractivity contribution in [3.8, 4) is 0 Å². The third-order valence-electron chi connectivity index (χ3n) is 13.4. The van der Waals surface area contributed by atoms with Crippen LogP contribution in [0.3, 0.4) is 0 Å². The number of ether oxygens (including phenoxy) is 1. The van der Waals surface area contributed by atoms with Crippen molar-refractivity contribution >= 4 is 40.5 Å². The van der Waals surface area contributed by atoms with Crippen molar-refractivity contribution in [3.63, 3.8) is 0 Å². The van der Waals surface area contributed by atoms with Gasteiger partial charge in [-0.15, -0.1) is 0 Å². The van der Waals surface area contributed by atoms with E-state index in [2.05, 4.69) is 32.8 Å². The fraction of sp³-hybridized carbons (Fsp3) is 0.630. The second-order valence-corrected chi connectivity index (χ2v) is 20.2. The van der Waals surface area contributed by atoms with Gasteiger partial charge in [-0.3, -0.25) is 28.9 Å². The Bertz CT molecular complexity index is 1990. The minimum absolute atomic E-state index is 0.0567. The first-order valence-electron chi connectivity index (χ1n) is 25.3.